The van der Waals surface area contributed by atoms with Gasteiger partial charge in [0.15, 0.2) is 0 Å². The van der Waals surface area contributed by atoms with Gasteiger partial charge in [0.1, 0.15) is 11.4 Å². The first kappa shape index (κ1) is 15.9. The largest absolute Gasteiger partial charge is 0.477 e. The van der Waals surface area contributed by atoms with E-state index in [1.165, 1.54) is 12.1 Å². The van der Waals surface area contributed by atoms with E-state index < -0.39 is 22.8 Å². The molecule has 0 aliphatic heterocycles. The first-order valence-corrected chi connectivity index (χ1v) is 7.88. The van der Waals surface area contributed by atoms with Crippen molar-refractivity contribution in [2.75, 3.05) is 0 Å². The SMILES string of the molecule is O=C(O)c1c(-c2ccc(Cl)cc2)[nH]c2c(F)cc(I)cc2c1=O. The van der Waals surface area contributed by atoms with Gasteiger partial charge in [0.25, 0.3) is 0 Å². The molecule has 4 nitrogen and oxygen atoms in total. The maximum atomic E-state index is 14.2. The fourth-order valence-electron chi connectivity index (χ4n) is 2.35. The number of H-pyrrole nitrogens is 1. The van der Waals surface area contributed by atoms with Crippen LogP contribution in [0.2, 0.25) is 5.02 Å². The second kappa shape index (κ2) is 5.93. The molecule has 0 amide bonds. The van der Waals surface area contributed by atoms with Gasteiger partial charge in [0, 0.05) is 8.59 Å². The van der Waals surface area contributed by atoms with Gasteiger partial charge >= 0.3 is 5.97 Å². The Labute approximate surface area is 148 Å². The van der Waals surface area contributed by atoms with Gasteiger partial charge in [-0.25, -0.2) is 9.18 Å². The average molecular weight is 444 g/mol. The molecule has 0 unspecified atom stereocenters. The molecule has 23 heavy (non-hydrogen) atoms. The maximum Gasteiger partial charge on any atom is 0.341 e. The highest BCUT2D eigenvalue weighted by molar-refractivity contribution is 14.1. The van der Waals surface area contributed by atoms with Crippen LogP contribution >= 0.6 is 34.2 Å². The van der Waals surface area contributed by atoms with Gasteiger partial charge in [0.05, 0.1) is 16.6 Å². The number of pyridine rings is 1. The summed E-state index contributed by atoms with van der Waals surface area (Å²) in [4.78, 5) is 26.8. The van der Waals surface area contributed by atoms with E-state index in [1.807, 2.05) is 22.6 Å². The number of aromatic carboxylic acids is 1. The smallest absolute Gasteiger partial charge is 0.341 e. The lowest BCUT2D eigenvalue weighted by Gasteiger charge is -2.10. The number of nitrogens with one attached hydrogen (secondary N) is 1. The molecule has 2 aromatic carbocycles. The highest BCUT2D eigenvalue weighted by Crippen LogP contribution is 2.26. The van der Waals surface area contributed by atoms with E-state index in [4.69, 9.17) is 11.6 Å². The van der Waals surface area contributed by atoms with Crippen molar-refractivity contribution < 1.29 is 14.3 Å². The highest BCUT2D eigenvalue weighted by Gasteiger charge is 2.21. The average Bonchev–Trinajstić information content (AvgIpc) is 2.48. The van der Waals surface area contributed by atoms with Crippen molar-refractivity contribution in [3.8, 4) is 11.3 Å². The van der Waals surface area contributed by atoms with Crippen LogP contribution in [0.4, 0.5) is 4.39 Å². The zero-order valence-electron chi connectivity index (χ0n) is 11.4. The van der Waals surface area contributed by atoms with Gasteiger partial charge in [0.2, 0.25) is 5.43 Å². The molecule has 0 saturated heterocycles. The Hall–Kier alpha value is -1.93. The van der Waals surface area contributed by atoms with Crippen LogP contribution in [0, 0.1) is 9.39 Å². The van der Waals surface area contributed by atoms with E-state index in [0.717, 1.165) is 0 Å². The molecule has 0 bridgehead atoms. The summed E-state index contributed by atoms with van der Waals surface area (Å²) < 4.78 is 14.7. The number of halogens is 3. The van der Waals surface area contributed by atoms with E-state index in [-0.39, 0.29) is 16.6 Å². The number of rotatable bonds is 2. The van der Waals surface area contributed by atoms with E-state index in [0.29, 0.717) is 14.2 Å². The third kappa shape index (κ3) is 2.84. The third-order valence-electron chi connectivity index (χ3n) is 3.37. The fraction of sp³-hybridized carbons (Fsp3) is 0. The molecule has 0 aliphatic carbocycles. The summed E-state index contributed by atoms with van der Waals surface area (Å²) in [5, 5.41) is 9.89. The van der Waals surface area contributed by atoms with Crippen molar-refractivity contribution in [3.05, 3.63) is 66.6 Å². The number of aromatic amines is 1. The number of carboxylic acids is 1. The summed E-state index contributed by atoms with van der Waals surface area (Å²) in [7, 11) is 0. The molecule has 1 heterocycles. The Morgan fingerprint density at radius 1 is 1.22 bits per heavy atom. The number of benzene rings is 2. The first-order chi connectivity index (χ1) is 10.9. The second-order valence-electron chi connectivity index (χ2n) is 4.83. The molecule has 0 fully saturated rings. The molecule has 0 radical (unpaired) electrons. The van der Waals surface area contributed by atoms with E-state index in [2.05, 4.69) is 4.98 Å². The lowest BCUT2D eigenvalue weighted by Crippen LogP contribution is -2.18. The molecule has 7 heteroatoms. The lowest BCUT2D eigenvalue weighted by molar-refractivity contribution is 0.0696. The van der Waals surface area contributed by atoms with Gasteiger partial charge in [-0.2, -0.15) is 0 Å². The number of hydrogen-bond acceptors (Lipinski definition) is 2. The van der Waals surface area contributed by atoms with Gasteiger partial charge in [-0.15, -0.1) is 0 Å². The molecule has 0 saturated carbocycles. The van der Waals surface area contributed by atoms with Crippen LogP contribution < -0.4 is 5.43 Å². The molecular formula is C16H8ClFINO3. The van der Waals surface area contributed by atoms with Gasteiger partial charge in [-0.05, 0) is 52.4 Å². The quantitative estimate of drug-likeness (QED) is 0.581. The lowest BCUT2D eigenvalue weighted by atomic mass is 10.0. The molecular weight excluding hydrogens is 436 g/mol. The first-order valence-electron chi connectivity index (χ1n) is 6.42. The van der Waals surface area contributed by atoms with Crippen molar-refractivity contribution in [2.24, 2.45) is 0 Å². The van der Waals surface area contributed by atoms with E-state index >= 15 is 0 Å². The topological polar surface area (TPSA) is 70.2 Å². The van der Waals surface area contributed by atoms with Crippen molar-refractivity contribution in [1.82, 2.24) is 4.98 Å². The summed E-state index contributed by atoms with van der Waals surface area (Å²) in [6.07, 6.45) is 0. The summed E-state index contributed by atoms with van der Waals surface area (Å²) in [6, 6.07) is 8.98. The molecule has 0 spiro atoms. The summed E-state index contributed by atoms with van der Waals surface area (Å²) >= 11 is 7.69. The summed E-state index contributed by atoms with van der Waals surface area (Å²) in [5.41, 5.74) is -0.698. The molecule has 1 aromatic heterocycles. The number of aromatic nitrogens is 1. The Kier molecular flexibility index (Phi) is 4.11. The normalized spacial score (nSPS) is 10.9. The van der Waals surface area contributed by atoms with Crippen molar-refractivity contribution in [3.63, 3.8) is 0 Å². The predicted octanol–water partition coefficient (Wildman–Crippen LogP) is 4.29. The maximum absolute atomic E-state index is 14.2. The number of carbonyl (C=O) groups is 1. The van der Waals surface area contributed by atoms with Crippen molar-refractivity contribution >= 4 is 51.1 Å². The monoisotopic (exact) mass is 443 g/mol. The predicted molar refractivity (Wildman–Crippen MR) is 94.6 cm³/mol. The zero-order valence-corrected chi connectivity index (χ0v) is 14.3. The van der Waals surface area contributed by atoms with Crippen molar-refractivity contribution in [2.45, 2.75) is 0 Å². The Morgan fingerprint density at radius 2 is 1.87 bits per heavy atom. The zero-order chi connectivity index (χ0) is 16.7. The van der Waals surface area contributed by atoms with Gasteiger partial charge in [-0.1, -0.05) is 23.7 Å². The Bertz CT molecular complexity index is 999. The van der Waals surface area contributed by atoms with Crippen LogP contribution in [0.15, 0.2) is 41.2 Å². The van der Waals surface area contributed by atoms with Crippen LogP contribution in [0.3, 0.4) is 0 Å². The molecule has 0 atom stereocenters. The number of carboxylic acid groups (broad SMARTS) is 1. The molecule has 116 valence electrons. The van der Waals surface area contributed by atoms with Crippen LogP contribution in [-0.2, 0) is 0 Å². The Balaban J connectivity index is 2.46. The minimum absolute atomic E-state index is 0.00418. The minimum atomic E-state index is -1.38. The third-order valence-corrected chi connectivity index (χ3v) is 4.25. The van der Waals surface area contributed by atoms with Crippen LogP contribution in [0.25, 0.3) is 22.2 Å². The van der Waals surface area contributed by atoms with E-state index in [1.54, 1.807) is 24.3 Å². The molecule has 2 N–H and O–H groups in total. The van der Waals surface area contributed by atoms with Crippen LogP contribution in [0.1, 0.15) is 10.4 Å². The van der Waals surface area contributed by atoms with Gasteiger partial charge in [-0.3, -0.25) is 4.79 Å². The summed E-state index contributed by atoms with van der Waals surface area (Å²) in [6.45, 7) is 0. The highest BCUT2D eigenvalue weighted by atomic mass is 127. The molecule has 3 aromatic rings. The van der Waals surface area contributed by atoms with Crippen LogP contribution in [0.5, 0.6) is 0 Å². The number of fused-ring (bicyclic) bond motifs is 1. The minimum Gasteiger partial charge on any atom is -0.477 e. The van der Waals surface area contributed by atoms with Gasteiger partial charge < -0.3 is 10.1 Å². The van der Waals surface area contributed by atoms with Crippen molar-refractivity contribution in [1.29, 1.82) is 0 Å². The van der Waals surface area contributed by atoms with E-state index in [9.17, 15) is 19.1 Å². The number of hydrogen-bond donors (Lipinski definition) is 2. The summed E-state index contributed by atoms with van der Waals surface area (Å²) in [5.74, 6) is -1.99. The van der Waals surface area contributed by atoms with Crippen LogP contribution in [-0.4, -0.2) is 16.1 Å². The fourth-order valence-corrected chi connectivity index (χ4v) is 3.06. The molecule has 3 rings (SSSR count). The molecule has 0 aliphatic rings. The standard InChI is InChI=1S/C16H8ClFINO3/c17-8-3-1-7(2-4-8)13-12(16(22)23)15(21)10-5-9(19)6-11(18)14(10)20-13/h1-6H,(H,20,21)(H,22,23). The second-order valence-corrected chi connectivity index (χ2v) is 6.51. The Morgan fingerprint density at radius 3 is 2.48 bits per heavy atom.